The number of hydrogen-bond acceptors (Lipinski definition) is 2. The van der Waals surface area contributed by atoms with Crippen LogP contribution in [0.5, 0.6) is 0 Å². The first-order valence-electron chi connectivity index (χ1n) is 4.74. The van der Waals surface area contributed by atoms with Gasteiger partial charge in [-0.3, -0.25) is 9.97 Å². The van der Waals surface area contributed by atoms with Crippen LogP contribution in [0.4, 0.5) is 0 Å². The largest absolute Gasteiger partial charge is 0.256 e. The molecule has 0 bridgehead atoms. The molecule has 1 unspecified atom stereocenters. The summed E-state index contributed by atoms with van der Waals surface area (Å²) in [6.07, 6.45) is 5.43. The van der Waals surface area contributed by atoms with Crippen LogP contribution in [0.2, 0.25) is 0 Å². The van der Waals surface area contributed by atoms with Crippen molar-refractivity contribution in [1.82, 2.24) is 9.97 Å². The average Bonchev–Trinajstić information content (AvgIpc) is 2.23. The molecule has 0 N–H and O–H groups in total. The molecule has 0 fully saturated rings. The molecule has 1 aliphatic carbocycles. The van der Waals surface area contributed by atoms with Crippen molar-refractivity contribution in [3.05, 3.63) is 30.4 Å². The Morgan fingerprint density at radius 2 is 2.21 bits per heavy atom. The molecule has 14 heavy (non-hydrogen) atoms. The van der Waals surface area contributed by atoms with Gasteiger partial charge in [-0.25, -0.2) is 0 Å². The molecule has 0 radical (unpaired) electrons. The number of hydrogen-bond donors (Lipinski definition) is 0. The van der Waals surface area contributed by atoms with E-state index in [1.807, 2.05) is 6.92 Å². The average molecular weight is 184 g/mol. The first-order valence-corrected chi connectivity index (χ1v) is 4.74. The fourth-order valence-electron chi connectivity index (χ4n) is 1.76. The maximum Gasteiger partial charge on any atom is 0.0883 e. The van der Waals surface area contributed by atoms with Crippen molar-refractivity contribution in [1.29, 1.82) is 0 Å². The SMILES string of the molecule is C=C1CCC(C#CC)c2nccnc21. The van der Waals surface area contributed by atoms with Crippen LogP contribution >= 0.6 is 0 Å². The molecule has 0 aromatic carbocycles. The van der Waals surface area contributed by atoms with Crippen LogP contribution in [0.25, 0.3) is 5.57 Å². The van der Waals surface area contributed by atoms with Gasteiger partial charge in [0.25, 0.3) is 0 Å². The van der Waals surface area contributed by atoms with E-state index in [-0.39, 0.29) is 5.92 Å². The molecule has 1 heterocycles. The molecule has 2 nitrogen and oxygen atoms in total. The number of allylic oxidation sites excluding steroid dienone is 1. The number of nitrogens with zero attached hydrogens (tertiary/aromatic N) is 2. The molecule has 0 amide bonds. The quantitative estimate of drug-likeness (QED) is 0.578. The molecule has 1 aliphatic rings. The highest BCUT2D eigenvalue weighted by Crippen LogP contribution is 2.33. The van der Waals surface area contributed by atoms with Gasteiger partial charge in [0.1, 0.15) is 0 Å². The summed E-state index contributed by atoms with van der Waals surface area (Å²) in [5.41, 5.74) is 3.03. The van der Waals surface area contributed by atoms with Gasteiger partial charge in [-0.2, -0.15) is 0 Å². The molecule has 2 heteroatoms. The van der Waals surface area contributed by atoms with Gasteiger partial charge in [0.2, 0.25) is 0 Å². The molecule has 2 rings (SSSR count). The maximum atomic E-state index is 4.34. The zero-order valence-corrected chi connectivity index (χ0v) is 8.25. The van der Waals surface area contributed by atoms with E-state index in [9.17, 15) is 0 Å². The van der Waals surface area contributed by atoms with Gasteiger partial charge < -0.3 is 0 Å². The first kappa shape index (κ1) is 8.96. The van der Waals surface area contributed by atoms with Crippen molar-refractivity contribution in [2.45, 2.75) is 25.7 Å². The summed E-state index contributed by atoms with van der Waals surface area (Å²) < 4.78 is 0. The highest BCUT2D eigenvalue weighted by atomic mass is 14.8. The van der Waals surface area contributed by atoms with Gasteiger partial charge in [0.15, 0.2) is 0 Å². The van der Waals surface area contributed by atoms with Crippen LogP contribution in [0.1, 0.15) is 37.1 Å². The number of fused-ring (bicyclic) bond motifs is 1. The minimum Gasteiger partial charge on any atom is -0.256 e. The normalized spacial score (nSPS) is 19.5. The van der Waals surface area contributed by atoms with Gasteiger partial charge >= 0.3 is 0 Å². The smallest absolute Gasteiger partial charge is 0.0883 e. The zero-order chi connectivity index (χ0) is 9.97. The second-order valence-electron chi connectivity index (χ2n) is 3.38. The van der Waals surface area contributed by atoms with Crippen molar-refractivity contribution < 1.29 is 0 Å². The standard InChI is InChI=1S/C12H12N2/c1-3-4-10-6-5-9(2)11-12(10)14-8-7-13-11/h7-8,10H,2,5-6H2,1H3. The minimum atomic E-state index is 0.245. The van der Waals surface area contributed by atoms with Gasteiger partial charge in [-0.05, 0) is 25.3 Å². The third kappa shape index (κ3) is 1.42. The Labute approximate surface area is 84.1 Å². The monoisotopic (exact) mass is 184 g/mol. The molecule has 0 aliphatic heterocycles. The topological polar surface area (TPSA) is 25.8 Å². The van der Waals surface area contributed by atoms with Crippen LogP contribution in [-0.4, -0.2) is 9.97 Å². The lowest BCUT2D eigenvalue weighted by atomic mass is 9.87. The van der Waals surface area contributed by atoms with Crippen LogP contribution in [0.15, 0.2) is 19.0 Å². The molecule has 0 saturated carbocycles. The summed E-state index contributed by atoms with van der Waals surface area (Å²) >= 11 is 0. The summed E-state index contributed by atoms with van der Waals surface area (Å²) in [5, 5.41) is 0. The van der Waals surface area contributed by atoms with Crippen molar-refractivity contribution in [2.75, 3.05) is 0 Å². The minimum absolute atomic E-state index is 0.245. The molecule has 1 aromatic rings. The Hall–Kier alpha value is -1.62. The lowest BCUT2D eigenvalue weighted by Crippen LogP contribution is -2.10. The predicted octanol–water partition coefficient (Wildman–Crippen LogP) is 2.39. The predicted molar refractivity (Wildman–Crippen MR) is 56.5 cm³/mol. The summed E-state index contributed by atoms with van der Waals surface area (Å²) in [5.74, 6) is 6.36. The third-order valence-electron chi connectivity index (χ3n) is 2.44. The molecule has 0 spiro atoms. The lowest BCUT2D eigenvalue weighted by molar-refractivity contribution is 0.715. The number of aromatic nitrogens is 2. The summed E-state index contributed by atoms with van der Waals surface area (Å²) in [7, 11) is 0. The summed E-state index contributed by atoms with van der Waals surface area (Å²) in [6, 6.07) is 0. The Balaban J connectivity index is 2.50. The molecule has 70 valence electrons. The molecule has 0 saturated heterocycles. The van der Waals surface area contributed by atoms with Crippen LogP contribution < -0.4 is 0 Å². The van der Waals surface area contributed by atoms with E-state index in [0.717, 1.165) is 29.8 Å². The molecular formula is C12H12N2. The van der Waals surface area contributed by atoms with E-state index < -0.39 is 0 Å². The van der Waals surface area contributed by atoms with Crippen molar-refractivity contribution in [3.8, 4) is 11.8 Å². The first-order chi connectivity index (χ1) is 6.83. The van der Waals surface area contributed by atoms with Gasteiger partial charge in [0, 0.05) is 12.4 Å². The Bertz CT molecular complexity index is 423. The maximum absolute atomic E-state index is 4.34. The highest BCUT2D eigenvalue weighted by molar-refractivity contribution is 5.65. The molecule has 1 atom stereocenters. The van der Waals surface area contributed by atoms with Gasteiger partial charge in [-0.15, -0.1) is 5.92 Å². The van der Waals surface area contributed by atoms with Crippen LogP contribution in [-0.2, 0) is 0 Å². The third-order valence-corrected chi connectivity index (χ3v) is 2.44. The van der Waals surface area contributed by atoms with E-state index in [1.165, 1.54) is 0 Å². The van der Waals surface area contributed by atoms with E-state index in [4.69, 9.17) is 0 Å². The number of rotatable bonds is 0. The van der Waals surface area contributed by atoms with E-state index >= 15 is 0 Å². The summed E-state index contributed by atoms with van der Waals surface area (Å²) in [6.45, 7) is 5.86. The molecular weight excluding hydrogens is 172 g/mol. The van der Waals surface area contributed by atoms with E-state index in [2.05, 4.69) is 28.4 Å². The summed E-state index contributed by atoms with van der Waals surface area (Å²) in [4.78, 5) is 8.65. The zero-order valence-electron chi connectivity index (χ0n) is 8.25. The Kier molecular flexibility index (Phi) is 2.32. The van der Waals surface area contributed by atoms with Crippen LogP contribution in [0.3, 0.4) is 0 Å². The Morgan fingerprint density at radius 3 is 3.00 bits per heavy atom. The van der Waals surface area contributed by atoms with Crippen molar-refractivity contribution in [3.63, 3.8) is 0 Å². The van der Waals surface area contributed by atoms with E-state index in [1.54, 1.807) is 12.4 Å². The fraction of sp³-hybridized carbons (Fsp3) is 0.333. The van der Waals surface area contributed by atoms with Gasteiger partial charge in [-0.1, -0.05) is 12.5 Å². The lowest BCUT2D eigenvalue weighted by Gasteiger charge is -2.20. The van der Waals surface area contributed by atoms with Gasteiger partial charge in [0.05, 0.1) is 17.3 Å². The van der Waals surface area contributed by atoms with E-state index in [0.29, 0.717) is 0 Å². The highest BCUT2D eigenvalue weighted by Gasteiger charge is 2.22. The second kappa shape index (κ2) is 3.63. The van der Waals surface area contributed by atoms with Crippen LogP contribution in [0, 0.1) is 11.8 Å². The van der Waals surface area contributed by atoms with Crippen molar-refractivity contribution >= 4 is 5.57 Å². The second-order valence-corrected chi connectivity index (χ2v) is 3.38. The fourth-order valence-corrected chi connectivity index (χ4v) is 1.76. The molecule has 1 aromatic heterocycles. The Morgan fingerprint density at radius 1 is 1.43 bits per heavy atom. The van der Waals surface area contributed by atoms with Crippen molar-refractivity contribution in [2.24, 2.45) is 0 Å².